The quantitative estimate of drug-likeness (QED) is 0.710. The van der Waals surface area contributed by atoms with Gasteiger partial charge in [-0.15, -0.1) is 0 Å². The van der Waals surface area contributed by atoms with Crippen molar-refractivity contribution in [2.45, 2.75) is 12.8 Å². The standard InChI is InChI=1S/C12H17N3O2/c1-14(2)12(17)15-7-5-9-3-4-11(16)13-10(9)6-8-15/h3-4H,5-8H2,1-2H3,(H,13,16). The summed E-state index contributed by atoms with van der Waals surface area (Å²) < 4.78 is 0. The minimum atomic E-state index is -0.0730. The summed E-state index contributed by atoms with van der Waals surface area (Å²) in [6.45, 7) is 1.36. The molecule has 17 heavy (non-hydrogen) atoms. The molecule has 5 nitrogen and oxygen atoms in total. The first kappa shape index (κ1) is 11.7. The van der Waals surface area contributed by atoms with Crippen LogP contribution in [0.1, 0.15) is 11.3 Å². The van der Waals surface area contributed by atoms with Crippen molar-refractivity contribution in [3.8, 4) is 0 Å². The van der Waals surface area contributed by atoms with E-state index >= 15 is 0 Å². The molecule has 0 radical (unpaired) electrons. The van der Waals surface area contributed by atoms with Crippen LogP contribution < -0.4 is 5.56 Å². The maximum atomic E-state index is 11.8. The Bertz CT molecular complexity index is 479. The number of hydrogen-bond donors (Lipinski definition) is 1. The molecule has 2 amide bonds. The molecule has 2 rings (SSSR count). The third-order valence-electron chi connectivity index (χ3n) is 3.03. The maximum absolute atomic E-state index is 11.8. The zero-order chi connectivity index (χ0) is 12.4. The second-order valence-corrected chi connectivity index (χ2v) is 4.49. The van der Waals surface area contributed by atoms with Crippen LogP contribution in [0.3, 0.4) is 0 Å². The molecule has 1 aromatic heterocycles. The first-order chi connectivity index (χ1) is 8.08. The Balaban J connectivity index is 2.16. The van der Waals surface area contributed by atoms with E-state index in [1.807, 2.05) is 11.0 Å². The number of carbonyl (C=O) groups excluding carboxylic acids is 1. The lowest BCUT2D eigenvalue weighted by molar-refractivity contribution is 0.173. The molecule has 0 saturated carbocycles. The van der Waals surface area contributed by atoms with Gasteiger partial charge < -0.3 is 14.8 Å². The van der Waals surface area contributed by atoms with Crippen molar-refractivity contribution in [2.75, 3.05) is 27.2 Å². The first-order valence-electron chi connectivity index (χ1n) is 5.75. The van der Waals surface area contributed by atoms with E-state index in [1.54, 1.807) is 25.1 Å². The molecule has 1 aliphatic heterocycles. The average Bonchev–Trinajstić information content (AvgIpc) is 2.50. The van der Waals surface area contributed by atoms with Gasteiger partial charge in [-0.05, 0) is 12.0 Å². The van der Waals surface area contributed by atoms with Crippen molar-refractivity contribution in [1.29, 1.82) is 0 Å². The number of amides is 2. The lowest BCUT2D eigenvalue weighted by atomic mass is 10.1. The van der Waals surface area contributed by atoms with Crippen molar-refractivity contribution in [1.82, 2.24) is 14.8 Å². The third-order valence-corrected chi connectivity index (χ3v) is 3.03. The molecule has 0 spiro atoms. The Morgan fingerprint density at radius 2 is 2.00 bits per heavy atom. The van der Waals surface area contributed by atoms with Crippen molar-refractivity contribution in [3.05, 3.63) is 33.7 Å². The highest BCUT2D eigenvalue weighted by molar-refractivity contribution is 5.73. The van der Waals surface area contributed by atoms with Crippen LogP contribution >= 0.6 is 0 Å². The van der Waals surface area contributed by atoms with Crippen LogP contribution in [0.5, 0.6) is 0 Å². The molecule has 0 bridgehead atoms. The second-order valence-electron chi connectivity index (χ2n) is 4.49. The Labute approximate surface area is 100 Å². The van der Waals surface area contributed by atoms with E-state index in [9.17, 15) is 9.59 Å². The van der Waals surface area contributed by atoms with Gasteiger partial charge in [0.15, 0.2) is 0 Å². The second kappa shape index (κ2) is 4.61. The fourth-order valence-electron chi connectivity index (χ4n) is 2.09. The predicted molar refractivity (Wildman–Crippen MR) is 65.1 cm³/mol. The number of carbonyl (C=O) groups is 1. The fraction of sp³-hybridized carbons (Fsp3) is 0.500. The summed E-state index contributed by atoms with van der Waals surface area (Å²) >= 11 is 0. The normalized spacial score (nSPS) is 15.1. The van der Waals surface area contributed by atoms with E-state index in [4.69, 9.17) is 0 Å². The molecule has 0 aliphatic carbocycles. The molecule has 0 aromatic carbocycles. The van der Waals surface area contributed by atoms with Gasteiger partial charge in [0.2, 0.25) is 5.56 Å². The molecule has 0 fully saturated rings. The summed E-state index contributed by atoms with van der Waals surface area (Å²) in [5, 5.41) is 0. The zero-order valence-corrected chi connectivity index (χ0v) is 10.2. The van der Waals surface area contributed by atoms with Crippen LogP contribution in [-0.2, 0) is 12.8 Å². The summed E-state index contributed by atoms with van der Waals surface area (Å²) in [4.78, 5) is 29.3. The van der Waals surface area contributed by atoms with Crippen LogP contribution in [0.25, 0.3) is 0 Å². The Morgan fingerprint density at radius 3 is 2.71 bits per heavy atom. The molecule has 1 aromatic rings. The minimum Gasteiger partial charge on any atom is -0.331 e. The number of H-pyrrole nitrogens is 1. The van der Waals surface area contributed by atoms with Crippen molar-refractivity contribution < 1.29 is 4.79 Å². The summed E-state index contributed by atoms with van der Waals surface area (Å²) in [7, 11) is 3.50. The van der Waals surface area contributed by atoms with Gasteiger partial charge in [-0.1, -0.05) is 6.07 Å². The molecular formula is C12H17N3O2. The smallest absolute Gasteiger partial charge is 0.319 e. The highest BCUT2D eigenvalue weighted by Crippen LogP contribution is 2.12. The zero-order valence-electron chi connectivity index (χ0n) is 10.2. The van der Waals surface area contributed by atoms with Gasteiger partial charge in [0.1, 0.15) is 0 Å². The van der Waals surface area contributed by atoms with Crippen LogP contribution in [0.2, 0.25) is 0 Å². The molecule has 5 heteroatoms. The summed E-state index contributed by atoms with van der Waals surface area (Å²) in [5.41, 5.74) is 2.03. The van der Waals surface area contributed by atoms with Crippen LogP contribution in [0.4, 0.5) is 4.79 Å². The van der Waals surface area contributed by atoms with Gasteiger partial charge in [-0.25, -0.2) is 4.79 Å². The van der Waals surface area contributed by atoms with E-state index in [-0.39, 0.29) is 11.6 Å². The summed E-state index contributed by atoms with van der Waals surface area (Å²) in [6, 6.07) is 3.43. The van der Waals surface area contributed by atoms with E-state index in [0.717, 1.165) is 17.7 Å². The van der Waals surface area contributed by atoms with Crippen molar-refractivity contribution in [3.63, 3.8) is 0 Å². The van der Waals surface area contributed by atoms with Crippen LogP contribution in [0, 0.1) is 0 Å². The molecule has 92 valence electrons. The molecule has 0 atom stereocenters. The SMILES string of the molecule is CN(C)C(=O)N1CCc2ccc(=O)[nH]c2CC1. The van der Waals surface area contributed by atoms with Crippen LogP contribution in [-0.4, -0.2) is 48.0 Å². The highest BCUT2D eigenvalue weighted by Gasteiger charge is 2.19. The highest BCUT2D eigenvalue weighted by atomic mass is 16.2. The minimum absolute atomic E-state index is 0.0279. The summed E-state index contributed by atoms with van der Waals surface area (Å²) in [6.07, 6.45) is 1.51. The largest absolute Gasteiger partial charge is 0.331 e. The number of pyridine rings is 1. The lowest BCUT2D eigenvalue weighted by Crippen LogP contribution is -2.40. The monoisotopic (exact) mass is 235 g/mol. The van der Waals surface area contributed by atoms with Crippen LogP contribution in [0.15, 0.2) is 16.9 Å². The Hall–Kier alpha value is -1.78. The fourth-order valence-corrected chi connectivity index (χ4v) is 2.09. The average molecular weight is 235 g/mol. The van der Waals surface area contributed by atoms with Crippen molar-refractivity contribution >= 4 is 6.03 Å². The number of aromatic amines is 1. The van der Waals surface area contributed by atoms with Gasteiger partial charge in [-0.2, -0.15) is 0 Å². The van der Waals surface area contributed by atoms with Gasteiger partial charge >= 0.3 is 6.03 Å². The number of urea groups is 1. The predicted octanol–water partition coefficient (Wildman–Crippen LogP) is 0.457. The molecule has 0 saturated heterocycles. The third kappa shape index (κ3) is 2.49. The van der Waals surface area contributed by atoms with Gasteiger partial charge in [0.25, 0.3) is 0 Å². The number of nitrogens with one attached hydrogen (secondary N) is 1. The molecule has 2 heterocycles. The Kier molecular flexibility index (Phi) is 3.17. The first-order valence-corrected chi connectivity index (χ1v) is 5.75. The Morgan fingerprint density at radius 1 is 1.29 bits per heavy atom. The van der Waals surface area contributed by atoms with Crippen molar-refractivity contribution in [2.24, 2.45) is 0 Å². The molecule has 1 aliphatic rings. The number of fused-ring (bicyclic) bond motifs is 1. The molecule has 1 N–H and O–H groups in total. The van der Waals surface area contributed by atoms with E-state index < -0.39 is 0 Å². The van der Waals surface area contributed by atoms with E-state index in [1.165, 1.54) is 0 Å². The lowest BCUT2D eigenvalue weighted by Gasteiger charge is -2.24. The van der Waals surface area contributed by atoms with Gasteiger partial charge in [0.05, 0.1) is 0 Å². The number of aromatic nitrogens is 1. The maximum Gasteiger partial charge on any atom is 0.319 e. The molecular weight excluding hydrogens is 218 g/mol. The number of nitrogens with zero attached hydrogens (tertiary/aromatic N) is 2. The molecule has 0 unspecified atom stereocenters. The topological polar surface area (TPSA) is 56.4 Å². The summed E-state index contributed by atoms with van der Waals surface area (Å²) in [5.74, 6) is 0. The number of hydrogen-bond acceptors (Lipinski definition) is 2. The number of rotatable bonds is 0. The van der Waals surface area contributed by atoms with E-state index in [0.29, 0.717) is 19.5 Å². The van der Waals surface area contributed by atoms with E-state index in [2.05, 4.69) is 4.98 Å². The van der Waals surface area contributed by atoms with Gasteiger partial charge in [-0.3, -0.25) is 4.79 Å². The van der Waals surface area contributed by atoms with Gasteiger partial charge in [0, 0.05) is 45.4 Å².